The van der Waals surface area contributed by atoms with Gasteiger partial charge in [0, 0.05) is 6.54 Å². The van der Waals surface area contributed by atoms with Crippen molar-refractivity contribution in [2.75, 3.05) is 20.2 Å². The van der Waals surface area contributed by atoms with Crippen LogP contribution in [0.1, 0.15) is 50.7 Å². The Morgan fingerprint density at radius 2 is 2.00 bits per heavy atom. The number of hydrogen-bond acceptors (Lipinski definition) is 6. The number of carbonyl (C=O) groups is 1. The highest BCUT2D eigenvalue weighted by Crippen LogP contribution is 2.39. The Labute approximate surface area is 167 Å². The molecule has 1 aliphatic heterocycles. The lowest BCUT2D eigenvalue weighted by atomic mass is 9.83. The average molecular weight is 383 g/mol. The van der Waals surface area contributed by atoms with Gasteiger partial charge in [-0.3, -0.25) is 0 Å². The molecule has 2 N–H and O–H groups in total. The van der Waals surface area contributed by atoms with E-state index in [2.05, 4.69) is 24.9 Å². The molecule has 0 bridgehead atoms. The smallest absolute Gasteiger partial charge is 0.338 e. The third kappa shape index (κ3) is 4.93. The number of unbranched alkanes of at least 4 members (excludes halogenated alkanes) is 1. The van der Waals surface area contributed by atoms with Gasteiger partial charge in [0.2, 0.25) is 5.88 Å². The molecule has 1 heterocycles. The average Bonchev–Trinajstić information content (AvgIpc) is 2.66. The minimum atomic E-state index is -0.593. The minimum absolute atomic E-state index is 0.0291. The van der Waals surface area contributed by atoms with Crippen molar-refractivity contribution in [3.63, 3.8) is 0 Å². The molecule has 6 nitrogen and oxygen atoms in total. The highest BCUT2D eigenvalue weighted by molar-refractivity contribution is 5.92. The topological polar surface area (TPSA) is 88.6 Å². The molecule has 1 atom stereocenters. The van der Waals surface area contributed by atoms with E-state index in [0.717, 1.165) is 18.7 Å². The number of allylic oxidation sites excluding steroid dienone is 2. The molecule has 0 saturated heterocycles. The van der Waals surface area contributed by atoms with E-state index in [4.69, 9.17) is 15.2 Å². The number of benzene rings is 1. The number of rotatable bonds is 8. The maximum Gasteiger partial charge on any atom is 0.338 e. The second kappa shape index (κ2) is 9.95. The predicted octanol–water partition coefficient (Wildman–Crippen LogP) is 3.56. The van der Waals surface area contributed by atoms with Crippen molar-refractivity contribution < 1.29 is 14.3 Å². The Balaban J connectivity index is 2.34. The second-order valence-corrected chi connectivity index (χ2v) is 6.95. The fraction of sp³-hybridized carbons (Fsp3) is 0.455. The Morgan fingerprint density at radius 1 is 1.32 bits per heavy atom. The first-order chi connectivity index (χ1) is 13.4. The SMILES string of the molecule is CCCCN(C)Cc1ccc(C2C(C#N)=C(N)OC(C)=C2C(=O)OCC)cc1. The standard InChI is InChI=1S/C22H29N3O3/c1-5-7-12-25(4)14-16-8-10-17(11-9-16)20-18(13-23)21(24)28-15(3)19(20)22(26)27-6-2/h8-11,20H,5-7,12,14,24H2,1-4H3. The molecule has 0 radical (unpaired) electrons. The van der Waals surface area contributed by atoms with Gasteiger partial charge >= 0.3 is 5.97 Å². The van der Waals surface area contributed by atoms with Crippen molar-refractivity contribution >= 4 is 5.97 Å². The molecule has 2 rings (SSSR count). The summed E-state index contributed by atoms with van der Waals surface area (Å²) in [7, 11) is 2.10. The van der Waals surface area contributed by atoms with Crippen molar-refractivity contribution in [3.05, 3.63) is 58.2 Å². The number of carbonyl (C=O) groups excluding carboxylic acids is 1. The van der Waals surface area contributed by atoms with E-state index in [0.29, 0.717) is 11.3 Å². The van der Waals surface area contributed by atoms with E-state index < -0.39 is 11.9 Å². The summed E-state index contributed by atoms with van der Waals surface area (Å²) in [5, 5.41) is 9.62. The van der Waals surface area contributed by atoms with Gasteiger partial charge in [0.25, 0.3) is 0 Å². The molecular weight excluding hydrogens is 354 g/mol. The molecule has 150 valence electrons. The summed E-state index contributed by atoms with van der Waals surface area (Å²) in [5.41, 5.74) is 8.45. The third-order valence-corrected chi connectivity index (χ3v) is 4.76. The number of nitriles is 1. The van der Waals surface area contributed by atoms with Crippen LogP contribution in [-0.4, -0.2) is 31.1 Å². The predicted molar refractivity (Wildman–Crippen MR) is 108 cm³/mol. The molecule has 0 spiro atoms. The van der Waals surface area contributed by atoms with Crippen LogP contribution in [0.15, 0.2) is 47.1 Å². The molecule has 0 saturated carbocycles. The van der Waals surface area contributed by atoms with Crippen LogP contribution in [0, 0.1) is 11.3 Å². The monoisotopic (exact) mass is 383 g/mol. The Morgan fingerprint density at radius 3 is 2.57 bits per heavy atom. The van der Waals surface area contributed by atoms with Gasteiger partial charge in [-0.1, -0.05) is 37.6 Å². The van der Waals surface area contributed by atoms with Crippen LogP contribution >= 0.6 is 0 Å². The fourth-order valence-electron chi connectivity index (χ4n) is 3.32. The van der Waals surface area contributed by atoms with Crippen LogP contribution in [0.3, 0.4) is 0 Å². The molecule has 1 unspecified atom stereocenters. The van der Waals surface area contributed by atoms with Gasteiger partial charge in [0.15, 0.2) is 0 Å². The summed E-state index contributed by atoms with van der Waals surface area (Å²) in [6.07, 6.45) is 2.33. The number of hydrogen-bond donors (Lipinski definition) is 1. The highest BCUT2D eigenvalue weighted by atomic mass is 16.5. The van der Waals surface area contributed by atoms with Crippen molar-refractivity contribution in [1.29, 1.82) is 5.26 Å². The van der Waals surface area contributed by atoms with Crippen LogP contribution < -0.4 is 5.73 Å². The number of nitrogens with two attached hydrogens (primary N) is 1. The minimum Gasteiger partial charge on any atom is -0.463 e. The Kier molecular flexibility index (Phi) is 7.65. The summed E-state index contributed by atoms with van der Waals surface area (Å²) in [4.78, 5) is 14.8. The summed E-state index contributed by atoms with van der Waals surface area (Å²) in [6.45, 7) is 7.72. The fourth-order valence-corrected chi connectivity index (χ4v) is 3.32. The Hall–Kier alpha value is -2.78. The van der Waals surface area contributed by atoms with Crippen LogP contribution in [-0.2, 0) is 20.8 Å². The lowest BCUT2D eigenvalue weighted by Crippen LogP contribution is -2.25. The first kappa shape index (κ1) is 21.5. The summed E-state index contributed by atoms with van der Waals surface area (Å²) in [6, 6.07) is 10.0. The van der Waals surface area contributed by atoms with Crippen molar-refractivity contribution in [2.45, 2.75) is 46.1 Å². The number of nitrogens with zero attached hydrogens (tertiary/aromatic N) is 2. The van der Waals surface area contributed by atoms with E-state index in [9.17, 15) is 10.1 Å². The molecule has 0 aromatic heterocycles. The van der Waals surface area contributed by atoms with E-state index in [1.54, 1.807) is 13.8 Å². The van der Waals surface area contributed by atoms with E-state index in [-0.39, 0.29) is 18.1 Å². The molecule has 0 aliphatic carbocycles. The van der Waals surface area contributed by atoms with Gasteiger partial charge in [-0.2, -0.15) is 5.26 Å². The summed E-state index contributed by atoms with van der Waals surface area (Å²) < 4.78 is 10.6. The van der Waals surface area contributed by atoms with Crippen LogP contribution in [0.5, 0.6) is 0 Å². The largest absolute Gasteiger partial charge is 0.463 e. The molecule has 28 heavy (non-hydrogen) atoms. The normalized spacial score (nSPS) is 16.8. The molecular formula is C22H29N3O3. The zero-order chi connectivity index (χ0) is 20.7. The van der Waals surface area contributed by atoms with Gasteiger partial charge < -0.3 is 20.1 Å². The van der Waals surface area contributed by atoms with Gasteiger partial charge in [-0.15, -0.1) is 0 Å². The van der Waals surface area contributed by atoms with E-state index in [1.807, 2.05) is 24.3 Å². The zero-order valence-electron chi connectivity index (χ0n) is 17.1. The van der Waals surface area contributed by atoms with Crippen molar-refractivity contribution in [1.82, 2.24) is 4.90 Å². The van der Waals surface area contributed by atoms with Crippen LogP contribution in [0.4, 0.5) is 0 Å². The van der Waals surface area contributed by atoms with Crippen LogP contribution in [0.25, 0.3) is 0 Å². The highest BCUT2D eigenvalue weighted by Gasteiger charge is 2.36. The first-order valence-corrected chi connectivity index (χ1v) is 9.65. The maximum atomic E-state index is 12.5. The maximum absolute atomic E-state index is 12.5. The molecule has 0 fully saturated rings. The molecule has 1 aliphatic rings. The Bertz CT molecular complexity index is 803. The zero-order valence-corrected chi connectivity index (χ0v) is 17.1. The summed E-state index contributed by atoms with van der Waals surface area (Å²) in [5.74, 6) is -0.692. The van der Waals surface area contributed by atoms with E-state index >= 15 is 0 Å². The van der Waals surface area contributed by atoms with Crippen LogP contribution in [0.2, 0.25) is 0 Å². The van der Waals surface area contributed by atoms with Gasteiger partial charge in [-0.25, -0.2) is 4.79 Å². The number of esters is 1. The summed E-state index contributed by atoms with van der Waals surface area (Å²) >= 11 is 0. The van der Waals surface area contributed by atoms with Gasteiger partial charge in [-0.05, 0) is 45.0 Å². The van der Waals surface area contributed by atoms with Crippen molar-refractivity contribution in [3.8, 4) is 6.07 Å². The lowest BCUT2D eigenvalue weighted by molar-refractivity contribution is -0.139. The van der Waals surface area contributed by atoms with Gasteiger partial charge in [0.1, 0.15) is 17.4 Å². The third-order valence-electron chi connectivity index (χ3n) is 4.76. The van der Waals surface area contributed by atoms with Crippen molar-refractivity contribution in [2.24, 2.45) is 5.73 Å². The van der Waals surface area contributed by atoms with E-state index in [1.165, 1.54) is 18.4 Å². The first-order valence-electron chi connectivity index (χ1n) is 9.65. The molecule has 6 heteroatoms. The molecule has 1 aromatic rings. The molecule has 1 aromatic carbocycles. The van der Waals surface area contributed by atoms with Gasteiger partial charge in [0.05, 0.1) is 18.1 Å². The number of ether oxygens (including phenoxy) is 2. The second-order valence-electron chi connectivity index (χ2n) is 6.95. The molecule has 0 amide bonds. The quantitative estimate of drug-likeness (QED) is 0.691. The lowest BCUT2D eigenvalue weighted by Gasteiger charge is -2.27.